The fourth-order valence-electron chi connectivity index (χ4n) is 3.60. The molecule has 0 aromatic heterocycles. The molecule has 0 spiro atoms. The number of carbonyl (C=O) groups is 1. The molecule has 31 heavy (non-hydrogen) atoms. The van der Waals surface area contributed by atoms with Crippen LogP contribution in [-0.4, -0.2) is 60.0 Å². The number of carbonyl (C=O) groups excluding carboxylic acids is 1. The number of hydrogen-bond acceptors (Lipinski definition) is 7. The van der Waals surface area contributed by atoms with Crippen molar-refractivity contribution in [2.75, 3.05) is 19.0 Å². The summed E-state index contributed by atoms with van der Waals surface area (Å²) < 4.78 is 25.7. The molecule has 0 radical (unpaired) electrons. The van der Waals surface area contributed by atoms with E-state index in [1.54, 1.807) is 30.1 Å². The van der Waals surface area contributed by atoms with Gasteiger partial charge in [0.1, 0.15) is 11.5 Å². The van der Waals surface area contributed by atoms with E-state index in [-0.39, 0.29) is 22.5 Å². The molecule has 2 aliphatic rings. The highest BCUT2D eigenvalue weighted by molar-refractivity contribution is 7.92. The molecule has 1 amide bonds. The van der Waals surface area contributed by atoms with Gasteiger partial charge in [-0.05, 0) is 44.9 Å². The minimum atomic E-state index is -3.42. The fourth-order valence-corrected chi connectivity index (χ4v) is 5.76. The molecule has 1 atom stereocenters. The van der Waals surface area contributed by atoms with Gasteiger partial charge in [-0.25, -0.2) is 13.4 Å². The lowest BCUT2D eigenvalue weighted by Gasteiger charge is -2.35. The maximum absolute atomic E-state index is 12.8. The first-order valence-electron chi connectivity index (χ1n) is 10.2. The second kappa shape index (κ2) is 9.18. The Hall–Kier alpha value is -2.10. The van der Waals surface area contributed by atoms with Crippen LogP contribution in [0.1, 0.15) is 39.5 Å². The zero-order valence-electron chi connectivity index (χ0n) is 17.9. The number of aliphatic hydroxyl groups is 1. The molecule has 0 saturated heterocycles. The van der Waals surface area contributed by atoms with E-state index in [0.717, 1.165) is 12.8 Å². The number of amides is 1. The predicted molar refractivity (Wildman–Crippen MR) is 122 cm³/mol. The third kappa shape index (κ3) is 5.22. The number of nitrogens with zero attached hydrogens (tertiary/aromatic N) is 2. The molecule has 1 fully saturated rings. The number of aliphatic hydroxyl groups excluding tert-OH is 1. The highest BCUT2D eigenvalue weighted by Crippen LogP contribution is 2.30. The third-order valence-electron chi connectivity index (χ3n) is 5.53. The van der Waals surface area contributed by atoms with Crippen molar-refractivity contribution in [2.45, 2.75) is 60.7 Å². The summed E-state index contributed by atoms with van der Waals surface area (Å²) in [6.07, 6.45) is 4.67. The Morgan fingerprint density at radius 3 is 2.65 bits per heavy atom. The van der Waals surface area contributed by atoms with Crippen molar-refractivity contribution in [1.82, 2.24) is 10.2 Å². The molecule has 3 N–H and O–H groups in total. The highest BCUT2D eigenvalue weighted by atomic mass is 35.5. The summed E-state index contributed by atoms with van der Waals surface area (Å²) in [5.74, 6) is 0.0548. The molecule has 1 aliphatic heterocycles. The molecular formula is C21H29ClN4O4S. The minimum Gasteiger partial charge on any atom is -0.394 e. The van der Waals surface area contributed by atoms with Crippen LogP contribution in [0.5, 0.6) is 0 Å². The lowest BCUT2D eigenvalue weighted by atomic mass is 10.1. The van der Waals surface area contributed by atoms with Crippen molar-refractivity contribution < 1.29 is 18.3 Å². The van der Waals surface area contributed by atoms with Gasteiger partial charge in [0, 0.05) is 12.7 Å². The molecular weight excluding hydrogens is 440 g/mol. The summed E-state index contributed by atoms with van der Waals surface area (Å²) in [6, 6.07) is 6.29. The number of aliphatic imine (C=N–C) groups is 1. The largest absolute Gasteiger partial charge is 0.394 e. The minimum absolute atomic E-state index is 0.0839. The van der Waals surface area contributed by atoms with Crippen molar-refractivity contribution in [2.24, 2.45) is 4.99 Å². The van der Waals surface area contributed by atoms with Gasteiger partial charge in [0.2, 0.25) is 0 Å². The summed E-state index contributed by atoms with van der Waals surface area (Å²) in [7, 11) is -1.71. The Kier molecular flexibility index (Phi) is 6.98. The van der Waals surface area contributed by atoms with Gasteiger partial charge >= 0.3 is 0 Å². The molecule has 1 aliphatic carbocycles. The van der Waals surface area contributed by atoms with E-state index in [2.05, 4.69) is 15.6 Å². The zero-order valence-corrected chi connectivity index (χ0v) is 19.5. The van der Waals surface area contributed by atoms with Crippen LogP contribution in [-0.2, 0) is 14.6 Å². The number of sulfone groups is 1. The van der Waals surface area contributed by atoms with Crippen LogP contribution in [0.4, 0.5) is 5.69 Å². The zero-order chi connectivity index (χ0) is 22.8. The average Bonchev–Trinajstić information content (AvgIpc) is 3.27. The lowest BCUT2D eigenvalue weighted by Crippen LogP contribution is -2.51. The number of anilines is 1. The molecule has 1 heterocycles. The molecule has 10 heteroatoms. The Morgan fingerprint density at radius 1 is 1.32 bits per heavy atom. The lowest BCUT2D eigenvalue weighted by molar-refractivity contribution is -0.110. The van der Waals surface area contributed by atoms with Gasteiger partial charge < -0.3 is 20.6 Å². The number of rotatable bonds is 7. The smallest absolute Gasteiger partial charge is 0.273 e. The maximum atomic E-state index is 12.8. The average molecular weight is 469 g/mol. The van der Waals surface area contributed by atoms with E-state index < -0.39 is 26.8 Å². The standard InChI is InChI=1S/C21H29ClN4O4S/c1-21(2,13-27)25-17-12-23-18(19(22)26(17)3)20(28)24-14-7-6-10-16(11-14)31(29,30)15-8-4-5-9-15/h6-7,10-12,15,19,25,27H,4-5,8-9,13H2,1-3H3,(H,24,28). The van der Waals surface area contributed by atoms with Gasteiger partial charge in [-0.2, -0.15) is 0 Å². The van der Waals surface area contributed by atoms with E-state index in [1.807, 2.05) is 13.8 Å². The molecule has 0 bridgehead atoms. The van der Waals surface area contributed by atoms with Crippen molar-refractivity contribution in [3.63, 3.8) is 0 Å². The topological polar surface area (TPSA) is 111 Å². The number of benzene rings is 1. The normalized spacial score (nSPS) is 20.3. The Bertz CT molecular complexity index is 1000. The summed E-state index contributed by atoms with van der Waals surface area (Å²) >= 11 is 6.45. The SMILES string of the molecule is CN1C(NC(C)(C)CO)=CN=C(C(=O)Nc2cccc(S(=O)(=O)C3CCCC3)c2)C1Cl. The summed E-state index contributed by atoms with van der Waals surface area (Å²) in [4.78, 5) is 18.8. The highest BCUT2D eigenvalue weighted by Gasteiger charge is 2.32. The van der Waals surface area contributed by atoms with Crippen LogP contribution in [0.25, 0.3) is 0 Å². The number of alkyl halides is 1. The second-order valence-electron chi connectivity index (χ2n) is 8.58. The number of halogens is 1. The van der Waals surface area contributed by atoms with Gasteiger partial charge in [-0.3, -0.25) is 4.79 Å². The van der Waals surface area contributed by atoms with Crippen LogP contribution >= 0.6 is 11.6 Å². The molecule has 3 rings (SSSR count). The van der Waals surface area contributed by atoms with Crippen molar-refractivity contribution in [3.8, 4) is 0 Å². The molecule has 1 aromatic rings. The Balaban J connectivity index is 1.77. The van der Waals surface area contributed by atoms with Gasteiger partial charge in [0.25, 0.3) is 5.91 Å². The molecule has 8 nitrogen and oxygen atoms in total. The van der Waals surface area contributed by atoms with E-state index in [1.165, 1.54) is 12.3 Å². The van der Waals surface area contributed by atoms with E-state index in [0.29, 0.717) is 24.4 Å². The van der Waals surface area contributed by atoms with E-state index in [9.17, 15) is 18.3 Å². The summed E-state index contributed by atoms with van der Waals surface area (Å²) in [5.41, 5.74) is -0.974. The van der Waals surface area contributed by atoms with E-state index in [4.69, 9.17) is 11.6 Å². The Morgan fingerprint density at radius 2 is 2.00 bits per heavy atom. The van der Waals surface area contributed by atoms with Gasteiger partial charge in [0.05, 0.1) is 28.5 Å². The van der Waals surface area contributed by atoms with Gasteiger partial charge in [-0.1, -0.05) is 30.5 Å². The first-order valence-corrected chi connectivity index (χ1v) is 12.2. The summed E-state index contributed by atoms with van der Waals surface area (Å²) in [5, 5.41) is 14.9. The van der Waals surface area contributed by atoms with Crippen LogP contribution in [0.2, 0.25) is 0 Å². The van der Waals surface area contributed by atoms with Crippen LogP contribution in [0.3, 0.4) is 0 Å². The fraction of sp³-hybridized carbons (Fsp3) is 0.524. The summed E-state index contributed by atoms with van der Waals surface area (Å²) in [6.45, 7) is 3.55. The number of hydrogen-bond donors (Lipinski definition) is 3. The van der Waals surface area contributed by atoms with Crippen molar-refractivity contribution in [3.05, 3.63) is 36.3 Å². The van der Waals surface area contributed by atoms with Crippen LogP contribution < -0.4 is 10.6 Å². The van der Waals surface area contributed by atoms with Gasteiger partial charge in [0.15, 0.2) is 15.3 Å². The van der Waals surface area contributed by atoms with E-state index >= 15 is 0 Å². The molecule has 1 unspecified atom stereocenters. The first-order chi connectivity index (χ1) is 14.5. The second-order valence-corrected chi connectivity index (χ2v) is 11.2. The molecule has 1 aromatic carbocycles. The van der Waals surface area contributed by atoms with Crippen LogP contribution in [0, 0.1) is 0 Å². The van der Waals surface area contributed by atoms with Gasteiger partial charge in [-0.15, -0.1) is 0 Å². The molecule has 170 valence electrons. The predicted octanol–water partition coefficient (Wildman–Crippen LogP) is 2.45. The monoisotopic (exact) mass is 468 g/mol. The third-order valence-corrected chi connectivity index (χ3v) is 8.29. The number of nitrogens with one attached hydrogen (secondary N) is 2. The molecule has 1 saturated carbocycles. The van der Waals surface area contributed by atoms with Crippen molar-refractivity contribution >= 4 is 38.7 Å². The quantitative estimate of drug-likeness (QED) is 0.418. The van der Waals surface area contributed by atoms with Crippen molar-refractivity contribution in [1.29, 1.82) is 0 Å². The van der Waals surface area contributed by atoms with Crippen LogP contribution in [0.15, 0.2) is 46.2 Å². The maximum Gasteiger partial charge on any atom is 0.273 e. The first kappa shape index (κ1) is 23.6. The Labute approximate surface area is 188 Å².